The summed E-state index contributed by atoms with van der Waals surface area (Å²) in [5, 5.41) is 11.4. The lowest BCUT2D eigenvalue weighted by Crippen LogP contribution is -2.21. The maximum atomic E-state index is 11.3. The van der Waals surface area contributed by atoms with E-state index in [9.17, 15) is 4.79 Å². The molecule has 0 aliphatic rings. The number of amides is 1. The molecule has 0 radical (unpaired) electrons. The zero-order valence-electron chi connectivity index (χ0n) is 9.52. The van der Waals surface area contributed by atoms with Crippen molar-refractivity contribution in [1.29, 1.82) is 5.26 Å². The van der Waals surface area contributed by atoms with Gasteiger partial charge in [0.15, 0.2) is 0 Å². The molecule has 3 nitrogen and oxygen atoms in total. The minimum Gasteiger partial charge on any atom is -0.352 e. The SMILES string of the molecule is C=CCCNC(=O)/C=C/c1cccc(C#N)c1. The monoisotopic (exact) mass is 226 g/mol. The van der Waals surface area contributed by atoms with Crippen molar-refractivity contribution < 1.29 is 4.79 Å². The van der Waals surface area contributed by atoms with Crippen molar-refractivity contribution in [2.45, 2.75) is 6.42 Å². The molecule has 0 atom stereocenters. The van der Waals surface area contributed by atoms with E-state index in [-0.39, 0.29) is 5.91 Å². The molecule has 0 aromatic heterocycles. The molecular weight excluding hydrogens is 212 g/mol. The topological polar surface area (TPSA) is 52.9 Å². The third kappa shape index (κ3) is 4.80. The van der Waals surface area contributed by atoms with E-state index in [0.29, 0.717) is 12.1 Å². The number of benzene rings is 1. The second-order valence-electron chi connectivity index (χ2n) is 3.44. The predicted octanol–water partition coefficient (Wildman–Crippen LogP) is 2.26. The summed E-state index contributed by atoms with van der Waals surface area (Å²) in [5.41, 5.74) is 1.42. The molecule has 3 heteroatoms. The molecule has 0 saturated heterocycles. The maximum absolute atomic E-state index is 11.3. The number of carbonyl (C=O) groups is 1. The molecule has 1 rings (SSSR count). The zero-order valence-corrected chi connectivity index (χ0v) is 9.52. The van der Waals surface area contributed by atoms with Gasteiger partial charge in [-0.15, -0.1) is 6.58 Å². The minimum atomic E-state index is -0.144. The Morgan fingerprint density at radius 1 is 1.53 bits per heavy atom. The molecule has 1 amide bonds. The van der Waals surface area contributed by atoms with E-state index in [1.54, 1.807) is 30.4 Å². The van der Waals surface area contributed by atoms with Crippen LogP contribution in [0.2, 0.25) is 0 Å². The minimum absolute atomic E-state index is 0.144. The van der Waals surface area contributed by atoms with E-state index in [1.165, 1.54) is 6.08 Å². The quantitative estimate of drug-likeness (QED) is 0.475. The standard InChI is InChI=1S/C14H14N2O/c1-2-3-9-16-14(17)8-7-12-5-4-6-13(10-12)11-15/h2,4-8,10H,1,3,9H2,(H,16,17)/b8-7+. The van der Waals surface area contributed by atoms with E-state index in [4.69, 9.17) is 5.26 Å². The van der Waals surface area contributed by atoms with Gasteiger partial charge in [-0.05, 0) is 30.2 Å². The van der Waals surface area contributed by atoms with Crippen LogP contribution >= 0.6 is 0 Å². The fraction of sp³-hybridized carbons (Fsp3) is 0.143. The van der Waals surface area contributed by atoms with E-state index >= 15 is 0 Å². The van der Waals surface area contributed by atoms with Gasteiger partial charge in [-0.1, -0.05) is 18.2 Å². The van der Waals surface area contributed by atoms with Crippen LogP contribution < -0.4 is 5.32 Å². The Kier molecular flexibility index (Phi) is 5.26. The van der Waals surface area contributed by atoms with Crippen molar-refractivity contribution in [2.24, 2.45) is 0 Å². The molecule has 0 heterocycles. The van der Waals surface area contributed by atoms with Gasteiger partial charge in [-0.3, -0.25) is 4.79 Å². The first-order valence-electron chi connectivity index (χ1n) is 5.33. The molecule has 0 aliphatic carbocycles. The van der Waals surface area contributed by atoms with Gasteiger partial charge in [0.1, 0.15) is 0 Å². The molecule has 0 spiro atoms. The number of hydrogen-bond donors (Lipinski definition) is 1. The second kappa shape index (κ2) is 7.02. The second-order valence-corrected chi connectivity index (χ2v) is 3.44. The van der Waals surface area contributed by atoms with Crippen LogP contribution in [0.1, 0.15) is 17.5 Å². The zero-order chi connectivity index (χ0) is 12.5. The molecular formula is C14H14N2O. The summed E-state index contributed by atoms with van der Waals surface area (Å²) in [7, 11) is 0. The van der Waals surface area contributed by atoms with Crippen molar-refractivity contribution in [1.82, 2.24) is 5.32 Å². The molecule has 1 N–H and O–H groups in total. The number of carbonyl (C=O) groups excluding carboxylic acids is 1. The Balaban J connectivity index is 2.55. The van der Waals surface area contributed by atoms with Crippen LogP contribution in [-0.2, 0) is 4.79 Å². The molecule has 0 saturated carbocycles. The summed E-state index contributed by atoms with van der Waals surface area (Å²) in [4.78, 5) is 11.3. The summed E-state index contributed by atoms with van der Waals surface area (Å²) in [6.45, 7) is 4.16. The highest BCUT2D eigenvalue weighted by atomic mass is 16.1. The highest BCUT2D eigenvalue weighted by molar-refractivity contribution is 5.91. The van der Waals surface area contributed by atoms with E-state index < -0.39 is 0 Å². The van der Waals surface area contributed by atoms with Crippen molar-refractivity contribution in [3.05, 3.63) is 54.1 Å². The van der Waals surface area contributed by atoms with E-state index in [0.717, 1.165) is 12.0 Å². The number of nitrogens with one attached hydrogen (secondary N) is 1. The fourth-order valence-electron chi connectivity index (χ4n) is 1.24. The summed E-state index contributed by atoms with van der Waals surface area (Å²) in [5.74, 6) is -0.144. The summed E-state index contributed by atoms with van der Waals surface area (Å²) in [6.07, 6.45) is 5.65. The largest absolute Gasteiger partial charge is 0.352 e. The van der Waals surface area contributed by atoms with Crippen molar-refractivity contribution in [2.75, 3.05) is 6.54 Å². The van der Waals surface area contributed by atoms with Gasteiger partial charge in [-0.25, -0.2) is 0 Å². The van der Waals surface area contributed by atoms with Gasteiger partial charge >= 0.3 is 0 Å². The highest BCUT2D eigenvalue weighted by Crippen LogP contribution is 2.05. The first-order valence-corrected chi connectivity index (χ1v) is 5.33. The van der Waals surface area contributed by atoms with Gasteiger partial charge < -0.3 is 5.32 Å². The van der Waals surface area contributed by atoms with Crippen molar-refractivity contribution >= 4 is 12.0 Å². The third-order valence-electron chi connectivity index (χ3n) is 2.09. The number of nitriles is 1. The van der Waals surface area contributed by atoms with E-state index in [2.05, 4.69) is 18.0 Å². The lowest BCUT2D eigenvalue weighted by atomic mass is 10.1. The van der Waals surface area contributed by atoms with Crippen molar-refractivity contribution in [3.8, 4) is 6.07 Å². The Labute approximate surface area is 101 Å². The number of hydrogen-bond acceptors (Lipinski definition) is 2. The van der Waals surface area contributed by atoms with Crippen LogP contribution in [0.15, 0.2) is 43.0 Å². The van der Waals surface area contributed by atoms with Crippen LogP contribution in [-0.4, -0.2) is 12.5 Å². The van der Waals surface area contributed by atoms with Crippen LogP contribution in [0.4, 0.5) is 0 Å². The molecule has 1 aromatic rings. The van der Waals surface area contributed by atoms with Gasteiger partial charge in [-0.2, -0.15) is 5.26 Å². The Bertz CT molecular complexity index is 469. The summed E-state index contributed by atoms with van der Waals surface area (Å²) < 4.78 is 0. The van der Waals surface area contributed by atoms with Gasteiger partial charge in [0.05, 0.1) is 11.6 Å². The smallest absolute Gasteiger partial charge is 0.244 e. The molecule has 0 aliphatic heterocycles. The summed E-state index contributed by atoms with van der Waals surface area (Å²) >= 11 is 0. The number of rotatable bonds is 5. The van der Waals surface area contributed by atoms with Crippen LogP contribution in [0.5, 0.6) is 0 Å². The Morgan fingerprint density at radius 2 is 2.35 bits per heavy atom. The van der Waals surface area contributed by atoms with Gasteiger partial charge in [0.2, 0.25) is 5.91 Å². The van der Waals surface area contributed by atoms with Crippen molar-refractivity contribution in [3.63, 3.8) is 0 Å². The lowest BCUT2D eigenvalue weighted by Gasteiger charge is -1.98. The Morgan fingerprint density at radius 3 is 3.06 bits per heavy atom. The average Bonchev–Trinajstić information content (AvgIpc) is 2.37. The Hall–Kier alpha value is -2.34. The van der Waals surface area contributed by atoms with Gasteiger partial charge in [0, 0.05) is 12.6 Å². The first kappa shape index (κ1) is 12.7. The normalized spacial score (nSPS) is 9.82. The average molecular weight is 226 g/mol. The van der Waals surface area contributed by atoms with Crippen LogP contribution in [0, 0.1) is 11.3 Å². The highest BCUT2D eigenvalue weighted by Gasteiger charge is 1.94. The summed E-state index contributed by atoms with van der Waals surface area (Å²) in [6, 6.07) is 9.13. The predicted molar refractivity (Wildman–Crippen MR) is 68.0 cm³/mol. The molecule has 0 fully saturated rings. The molecule has 86 valence electrons. The maximum Gasteiger partial charge on any atom is 0.244 e. The third-order valence-corrected chi connectivity index (χ3v) is 2.09. The number of nitrogens with zero attached hydrogens (tertiary/aromatic N) is 1. The molecule has 17 heavy (non-hydrogen) atoms. The fourth-order valence-corrected chi connectivity index (χ4v) is 1.24. The first-order chi connectivity index (χ1) is 8.26. The molecule has 0 bridgehead atoms. The van der Waals surface area contributed by atoms with E-state index in [1.807, 2.05) is 6.07 Å². The van der Waals surface area contributed by atoms with Crippen LogP contribution in [0.3, 0.4) is 0 Å². The van der Waals surface area contributed by atoms with Crippen LogP contribution in [0.25, 0.3) is 6.08 Å². The molecule has 0 unspecified atom stereocenters. The van der Waals surface area contributed by atoms with Gasteiger partial charge in [0.25, 0.3) is 0 Å². The lowest BCUT2D eigenvalue weighted by molar-refractivity contribution is -0.116. The molecule has 1 aromatic carbocycles.